The lowest BCUT2D eigenvalue weighted by molar-refractivity contribution is -0.123. The Bertz CT molecular complexity index is 430. The van der Waals surface area contributed by atoms with Crippen molar-refractivity contribution in [2.75, 3.05) is 6.61 Å². The zero-order chi connectivity index (χ0) is 14.1. The molecule has 0 bridgehead atoms. The summed E-state index contributed by atoms with van der Waals surface area (Å²) in [4.78, 5) is 11.5. The molecular formula is C14H19BrN2O2. The highest BCUT2D eigenvalue weighted by Gasteiger charge is 2.02. The van der Waals surface area contributed by atoms with Crippen LogP contribution in [0.25, 0.3) is 0 Å². The SMILES string of the molecule is CCCC/C(C)=N/NC(=O)COc1ccc(Br)cc1. The lowest BCUT2D eigenvalue weighted by Crippen LogP contribution is -2.25. The lowest BCUT2D eigenvalue weighted by atomic mass is 10.2. The van der Waals surface area contributed by atoms with Crippen molar-refractivity contribution < 1.29 is 9.53 Å². The number of hydrogen-bond donors (Lipinski definition) is 1. The Morgan fingerprint density at radius 1 is 1.37 bits per heavy atom. The number of carbonyl (C=O) groups excluding carboxylic acids is 1. The molecule has 1 aromatic carbocycles. The summed E-state index contributed by atoms with van der Waals surface area (Å²) in [6, 6.07) is 7.32. The van der Waals surface area contributed by atoms with Gasteiger partial charge in [0.25, 0.3) is 5.91 Å². The van der Waals surface area contributed by atoms with Crippen molar-refractivity contribution in [1.29, 1.82) is 0 Å². The number of hydrogen-bond acceptors (Lipinski definition) is 3. The molecule has 0 spiro atoms. The van der Waals surface area contributed by atoms with E-state index in [-0.39, 0.29) is 12.5 Å². The second-order valence-corrected chi connectivity index (χ2v) is 5.14. The van der Waals surface area contributed by atoms with E-state index in [1.165, 1.54) is 0 Å². The largest absolute Gasteiger partial charge is 0.484 e. The van der Waals surface area contributed by atoms with Gasteiger partial charge in [0.15, 0.2) is 6.61 Å². The number of nitrogens with one attached hydrogen (secondary N) is 1. The molecular weight excluding hydrogens is 308 g/mol. The van der Waals surface area contributed by atoms with E-state index in [0.717, 1.165) is 29.4 Å². The molecule has 0 fully saturated rings. The Kier molecular flexibility index (Phi) is 7.18. The van der Waals surface area contributed by atoms with Crippen LogP contribution in [0, 0.1) is 0 Å². The molecule has 0 saturated heterocycles. The minimum absolute atomic E-state index is 0.0355. The van der Waals surface area contributed by atoms with Gasteiger partial charge in [-0.05, 0) is 44.0 Å². The summed E-state index contributed by atoms with van der Waals surface area (Å²) >= 11 is 3.33. The monoisotopic (exact) mass is 326 g/mol. The highest BCUT2D eigenvalue weighted by Crippen LogP contribution is 2.15. The summed E-state index contributed by atoms with van der Waals surface area (Å²) in [7, 11) is 0. The topological polar surface area (TPSA) is 50.7 Å². The zero-order valence-electron chi connectivity index (χ0n) is 11.3. The number of ether oxygens (including phenoxy) is 1. The number of rotatable bonds is 7. The number of carbonyl (C=O) groups is 1. The molecule has 104 valence electrons. The fourth-order valence-corrected chi connectivity index (χ4v) is 1.62. The molecule has 19 heavy (non-hydrogen) atoms. The second kappa shape index (κ2) is 8.69. The van der Waals surface area contributed by atoms with E-state index in [9.17, 15) is 4.79 Å². The summed E-state index contributed by atoms with van der Waals surface area (Å²) in [6.45, 7) is 4.00. The summed E-state index contributed by atoms with van der Waals surface area (Å²) < 4.78 is 6.31. The molecule has 0 aliphatic carbocycles. The van der Waals surface area contributed by atoms with Crippen LogP contribution in [-0.4, -0.2) is 18.2 Å². The average Bonchev–Trinajstić information content (AvgIpc) is 2.42. The summed E-state index contributed by atoms with van der Waals surface area (Å²) in [5.74, 6) is 0.406. The van der Waals surface area contributed by atoms with Gasteiger partial charge in [0.2, 0.25) is 0 Å². The maximum atomic E-state index is 11.5. The Balaban J connectivity index is 2.29. The molecule has 1 rings (SSSR count). The molecule has 0 atom stereocenters. The van der Waals surface area contributed by atoms with E-state index in [1.807, 2.05) is 19.1 Å². The Labute approximate surface area is 122 Å². The number of unbranched alkanes of at least 4 members (excludes halogenated alkanes) is 1. The minimum Gasteiger partial charge on any atom is -0.484 e. The van der Waals surface area contributed by atoms with E-state index in [0.29, 0.717) is 5.75 Å². The number of nitrogens with zero attached hydrogens (tertiary/aromatic N) is 1. The smallest absolute Gasteiger partial charge is 0.277 e. The molecule has 0 aromatic heterocycles. The minimum atomic E-state index is -0.251. The predicted molar refractivity (Wildman–Crippen MR) is 80.4 cm³/mol. The van der Waals surface area contributed by atoms with Gasteiger partial charge in [0.05, 0.1) is 0 Å². The van der Waals surface area contributed by atoms with Gasteiger partial charge in [-0.25, -0.2) is 5.43 Å². The van der Waals surface area contributed by atoms with Gasteiger partial charge in [-0.3, -0.25) is 4.79 Å². The van der Waals surface area contributed by atoms with Gasteiger partial charge in [-0.15, -0.1) is 0 Å². The Morgan fingerprint density at radius 3 is 2.68 bits per heavy atom. The standard InChI is InChI=1S/C14H19BrN2O2/c1-3-4-5-11(2)16-17-14(18)10-19-13-8-6-12(15)7-9-13/h6-9H,3-5,10H2,1-2H3,(H,17,18)/b16-11+. The third-order valence-corrected chi connectivity index (χ3v) is 2.98. The molecule has 0 saturated carbocycles. The van der Waals surface area contributed by atoms with Gasteiger partial charge in [0.1, 0.15) is 5.75 Å². The Hall–Kier alpha value is -1.36. The van der Waals surface area contributed by atoms with Gasteiger partial charge in [0, 0.05) is 10.2 Å². The lowest BCUT2D eigenvalue weighted by Gasteiger charge is -2.05. The summed E-state index contributed by atoms with van der Waals surface area (Å²) in [5, 5.41) is 4.02. The highest BCUT2D eigenvalue weighted by molar-refractivity contribution is 9.10. The normalized spacial score (nSPS) is 11.2. The molecule has 1 N–H and O–H groups in total. The first-order valence-corrected chi connectivity index (χ1v) is 7.11. The van der Waals surface area contributed by atoms with E-state index < -0.39 is 0 Å². The number of halogens is 1. The van der Waals surface area contributed by atoms with Crippen LogP contribution < -0.4 is 10.2 Å². The molecule has 0 radical (unpaired) electrons. The van der Waals surface area contributed by atoms with Crippen LogP contribution in [0.3, 0.4) is 0 Å². The molecule has 0 unspecified atom stereocenters. The van der Waals surface area contributed by atoms with Crippen LogP contribution in [0.4, 0.5) is 0 Å². The third-order valence-electron chi connectivity index (χ3n) is 2.45. The van der Waals surface area contributed by atoms with Gasteiger partial charge >= 0.3 is 0 Å². The van der Waals surface area contributed by atoms with Crippen molar-refractivity contribution >= 4 is 27.5 Å². The number of benzene rings is 1. The van der Waals surface area contributed by atoms with Crippen LogP contribution in [0.2, 0.25) is 0 Å². The van der Waals surface area contributed by atoms with Crippen LogP contribution in [0.1, 0.15) is 33.1 Å². The van der Waals surface area contributed by atoms with E-state index in [4.69, 9.17) is 4.74 Å². The van der Waals surface area contributed by atoms with Crippen molar-refractivity contribution in [1.82, 2.24) is 5.43 Å². The quantitative estimate of drug-likeness (QED) is 0.615. The van der Waals surface area contributed by atoms with Crippen molar-refractivity contribution in [2.45, 2.75) is 33.1 Å². The zero-order valence-corrected chi connectivity index (χ0v) is 12.9. The Morgan fingerprint density at radius 2 is 2.05 bits per heavy atom. The van der Waals surface area contributed by atoms with Crippen molar-refractivity contribution in [3.63, 3.8) is 0 Å². The first-order chi connectivity index (χ1) is 9.11. The summed E-state index contributed by atoms with van der Waals surface area (Å²) in [6.07, 6.45) is 3.11. The van der Waals surface area contributed by atoms with Crippen LogP contribution in [0.5, 0.6) is 5.75 Å². The maximum absolute atomic E-state index is 11.5. The molecule has 1 aromatic rings. The first-order valence-electron chi connectivity index (χ1n) is 6.32. The van der Waals surface area contributed by atoms with Gasteiger partial charge in [-0.2, -0.15) is 5.10 Å². The third kappa shape index (κ3) is 6.96. The highest BCUT2D eigenvalue weighted by atomic mass is 79.9. The van der Waals surface area contributed by atoms with Crippen LogP contribution >= 0.6 is 15.9 Å². The van der Waals surface area contributed by atoms with Crippen molar-refractivity contribution in [3.8, 4) is 5.75 Å². The maximum Gasteiger partial charge on any atom is 0.277 e. The predicted octanol–water partition coefficient (Wildman–Crippen LogP) is 3.51. The molecule has 0 aliphatic rings. The van der Waals surface area contributed by atoms with Crippen molar-refractivity contribution in [3.05, 3.63) is 28.7 Å². The first kappa shape index (κ1) is 15.7. The fraction of sp³-hybridized carbons (Fsp3) is 0.429. The molecule has 1 amide bonds. The van der Waals surface area contributed by atoms with E-state index >= 15 is 0 Å². The molecule has 4 nitrogen and oxygen atoms in total. The van der Waals surface area contributed by atoms with E-state index in [1.54, 1.807) is 12.1 Å². The average molecular weight is 327 g/mol. The van der Waals surface area contributed by atoms with Crippen LogP contribution in [0.15, 0.2) is 33.8 Å². The van der Waals surface area contributed by atoms with Crippen LogP contribution in [-0.2, 0) is 4.79 Å². The number of hydrazone groups is 1. The molecule has 5 heteroatoms. The van der Waals surface area contributed by atoms with Gasteiger partial charge < -0.3 is 4.74 Å². The second-order valence-electron chi connectivity index (χ2n) is 4.23. The fourth-order valence-electron chi connectivity index (χ4n) is 1.36. The van der Waals surface area contributed by atoms with E-state index in [2.05, 4.69) is 33.4 Å². The number of amides is 1. The van der Waals surface area contributed by atoms with Crippen molar-refractivity contribution in [2.24, 2.45) is 5.10 Å². The molecule has 0 aliphatic heterocycles. The molecule has 0 heterocycles. The summed E-state index contributed by atoms with van der Waals surface area (Å²) in [5.41, 5.74) is 3.42. The van der Waals surface area contributed by atoms with Gasteiger partial charge in [-0.1, -0.05) is 29.3 Å².